The second kappa shape index (κ2) is 8.08. The van der Waals surface area contributed by atoms with Crippen molar-refractivity contribution in [1.29, 1.82) is 0 Å². The molecule has 7 heteroatoms. The SMILES string of the molecule is CC[C@H](C)[C@@H]1C(=O)O[C@H]1C(=O)NCCc1cccc(OC(F)F)c1. The lowest BCUT2D eigenvalue weighted by Crippen LogP contribution is -2.56. The minimum absolute atomic E-state index is 0.0820. The second-order valence-electron chi connectivity index (χ2n) is 5.84. The van der Waals surface area contributed by atoms with Crippen molar-refractivity contribution >= 4 is 11.9 Å². The van der Waals surface area contributed by atoms with E-state index >= 15 is 0 Å². The number of hydrogen-bond acceptors (Lipinski definition) is 4. The molecule has 1 aromatic carbocycles. The largest absolute Gasteiger partial charge is 0.451 e. The van der Waals surface area contributed by atoms with E-state index in [9.17, 15) is 18.4 Å². The summed E-state index contributed by atoms with van der Waals surface area (Å²) in [6, 6.07) is 6.32. The third-order valence-corrected chi connectivity index (χ3v) is 4.19. The first-order chi connectivity index (χ1) is 11.4. The van der Waals surface area contributed by atoms with Gasteiger partial charge in [0.2, 0.25) is 0 Å². The zero-order valence-corrected chi connectivity index (χ0v) is 13.6. The lowest BCUT2D eigenvalue weighted by atomic mass is 9.83. The molecule has 5 nitrogen and oxygen atoms in total. The van der Waals surface area contributed by atoms with Crippen LogP contribution in [0.2, 0.25) is 0 Å². The molecule has 0 saturated carbocycles. The van der Waals surface area contributed by atoms with Crippen molar-refractivity contribution < 1.29 is 27.8 Å². The van der Waals surface area contributed by atoms with Crippen LogP contribution in [-0.2, 0) is 20.7 Å². The van der Waals surface area contributed by atoms with Crippen molar-refractivity contribution in [3.05, 3.63) is 29.8 Å². The van der Waals surface area contributed by atoms with Gasteiger partial charge >= 0.3 is 12.6 Å². The van der Waals surface area contributed by atoms with Gasteiger partial charge in [-0.05, 0) is 30.0 Å². The molecule has 1 heterocycles. The fourth-order valence-corrected chi connectivity index (χ4v) is 2.64. The average molecular weight is 341 g/mol. The topological polar surface area (TPSA) is 64.6 Å². The summed E-state index contributed by atoms with van der Waals surface area (Å²) in [5.74, 6) is -0.872. The maximum Gasteiger partial charge on any atom is 0.387 e. The average Bonchev–Trinajstić information content (AvgIpc) is 2.51. The Kier molecular flexibility index (Phi) is 6.11. The normalized spacial score (nSPS) is 21.0. The van der Waals surface area contributed by atoms with Gasteiger partial charge in [-0.15, -0.1) is 0 Å². The van der Waals surface area contributed by atoms with Gasteiger partial charge in [0.15, 0.2) is 6.10 Å². The van der Waals surface area contributed by atoms with Crippen molar-refractivity contribution in [3.63, 3.8) is 0 Å². The molecule has 1 N–H and O–H groups in total. The molecule has 0 aliphatic carbocycles. The number of carbonyl (C=O) groups excluding carboxylic acids is 2. The molecule has 0 unspecified atom stereocenters. The Hall–Kier alpha value is -2.18. The lowest BCUT2D eigenvalue weighted by molar-refractivity contribution is -0.193. The molecule has 1 fully saturated rings. The van der Waals surface area contributed by atoms with E-state index in [0.29, 0.717) is 13.0 Å². The van der Waals surface area contributed by atoms with E-state index in [2.05, 4.69) is 10.1 Å². The Labute approximate surface area is 139 Å². The molecule has 1 amide bonds. The summed E-state index contributed by atoms with van der Waals surface area (Å²) in [5, 5.41) is 2.72. The van der Waals surface area contributed by atoms with Gasteiger partial charge in [0, 0.05) is 6.54 Å². The molecule has 0 bridgehead atoms. The van der Waals surface area contributed by atoms with Crippen LogP contribution in [0.3, 0.4) is 0 Å². The summed E-state index contributed by atoms with van der Waals surface area (Å²) in [6.07, 6.45) is 0.516. The van der Waals surface area contributed by atoms with Crippen molar-refractivity contribution in [2.24, 2.45) is 11.8 Å². The number of benzene rings is 1. The first-order valence-electron chi connectivity index (χ1n) is 7.94. The van der Waals surface area contributed by atoms with E-state index in [4.69, 9.17) is 4.74 Å². The van der Waals surface area contributed by atoms with Crippen LogP contribution in [0.15, 0.2) is 24.3 Å². The Bertz CT molecular complexity index is 594. The molecular weight excluding hydrogens is 320 g/mol. The second-order valence-corrected chi connectivity index (χ2v) is 5.84. The molecule has 24 heavy (non-hydrogen) atoms. The molecule has 0 radical (unpaired) electrons. The fourth-order valence-electron chi connectivity index (χ4n) is 2.64. The Morgan fingerprint density at radius 2 is 2.17 bits per heavy atom. The van der Waals surface area contributed by atoms with Gasteiger partial charge < -0.3 is 14.8 Å². The number of carbonyl (C=O) groups is 2. The highest BCUT2D eigenvalue weighted by Gasteiger charge is 2.49. The van der Waals surface area contributed by atoms with Gasteiger partial charge in [-0.3, -0.25) is 9.59 Å². The molecule has 132 valence electrons. The highest BCUT2D eigenvalue weighted by Crippen LogP contribution is 2.31. The third-order valence-electron chi connectivity index (χ3n) is 4.19. The number of ether oxygens (including phenoxy) is 2. The highest BCUT2D eigenvalue weighted by atomic mass is 19.3. The summed E-state index contributed by atoms with van der Waals surface area (Å²) >= 11 is 0. The van der Waals surface area contributed by atoms with Crippen LogP contribution in [0.5, 0.6) is 5.75 Å². The molecule has 1 aliphatic heterocycles. The van der Waals surface area contributed by atoms with Crippen LogP contribution in [0, 0.1) is 11.8 Å². The molecule has 2 rings (SSSR count). The molecule has 0 spiro atoms. The zero-order valence-electron chi connectivity index (χ0n) is 13.6. The number of rotatable bonds is 8. The smallest absolute Gasteiger partial charge is 0.387 e. The number of hydrogen-bond donors (Lipinski definition) is 1. The molecule has 3 atom stereocenters. The molecular formula is C17H21F2NO4. The first-order valence-corrected chi connectivity index (χ1v) is 7.94. The van der Waals surface area contributed by atoms with E-state index in [1.165, 1.54) is 12.1 Å². The van der Waals surface area contributed by atoms with Gasteiger partial charge in [0.1, 0.15) is 11.7 Å². The maximum atomic E-state index is 12.2. The van der Waals surface area contributed by atoms with Crippen molar-refractivity contribution in [2.75, 3.05) is 6.54 Å². The van der Waals surface area contributed by atoms with Crippen molar-refractivity contribution in [2.45, 2.75) is 39.4 Å². The quantitative estimate of drug-likeness (QED) is 0.738. The van der Waals surface area contributed by atoms with Gasteiger partial charge in [-0.2, -0.15) is 8.78 Å². The van der Waals surface area contributed by atoms with Crippen LogP contribution in [0.4, 0.5) is 8.78 Å². The summed E-state index contributed by atoms with van der Waals surface area (Å²) in [7, 11) is 0. The molecule has 0 aromatic heterocycles. The van der Waals surface area contributed by atoms with E-state index in [1.807, 2.05) is 13.8 Å². The van der Waals surface area contributed by atoms with Crippen LogP contribution >= 0.6 is 0 Å². The lowest BCUT2D eigenvalue weighted by Gasteiger charge is -2.37. The van der Waals surface area contributed by atoms with Crippen molar-refractivity contribution in [1.82, 2.24) is 5.32 Å². The van der Waals surface area contributed by atoms with Crippen molar-refractivity contribution in [3.8, 4) is 5.75 Å². The van der Waals surface area contributed by atoms with Crippen LogP contribution in [0.1, 0.15) is 25.8 Å². The summed E-state index contributed by atoms with van der Waals surface area (Å²) in [6.45, 7) is 1.32. The van der Waals surface area contributed by atoms with E-state index < -0.39 is 18.6 Å². The van der Waals surface area contributed by atoms with Gasteiger partial charge in [-0.1, -0.05) is 32.4 Å². The predicted molar refractivity (Wildman–Crippen MR) is 82.6 cm³/mol. The van der Waals surface area contributed by atoms with Gasteiger partial charge in [-0.25, -0.2) is 0 Å². The molecule has 1 aromatic rings. The number of amides is 1. The third kappa shape index (κ3) is 4.43. The van der Waals surface area contributed by atoms with Gasteiger partial charge in [0.05, 0.1) is 0 Å². The minimum atomic E-state index is -2.87. The summed E-state index contributed by atoms with van der Waals surface area (Å²) in [4.78, 5) is 23.6. The maximum absolute atomic E-state index is 12.2. The van der Waals surface area contributed by atoms with E-state index in [-0.39, 0.29) is 23.5 Å². The van der Waals surface area contributed by atoms with Crippen LogP contribution < -0.4 is 10.1 Å². The summed E-state index contributed by atoms with van der Waals surface area (Å²) in [5.41, 5.74) is 0.762. The van der Waals surface area contributed by atoms with E-state index in [1.54, 1.807) is 12.1 Å². The number of alkyl halides is 2. The van der Waals surface area contributed by atoms with Gasteiger partial charge in [0.25, 0.3) is 5.91 Å². The van der Waals surface area contributed by atoms with Crippen LogP contribution in [-0.4, -0.2) is 31.1 Å². The number of cyclic esters (lactones) is 1. The predicted octanol–water partition coefficient (Wildman–Crippen LogP) is 2.53. The Morgan fingerprint density at radius 1 is 1.42 bits per heavy atom. The molecule has 1 saturated heterocycles. The summed E-state index contributed by atoms with van der Waals surface area (Å²) < 4.78 is 33.7. The monoisotopic (exact) mass is 341 g/mol. The minimum Gasteiger partial charge on any atom is -0.451 e. The Morgan fingerprint density at radius 3 is 2.79 bits per heavy atom. The number of esters is 1. The standard InChI is InChI=1S/C17H21F2NO4/c1-3-10(2)13-14(24-16(13)22)15(21)20-8-7-11-5-4-6-12(9-11)23-17(18)19/h4-6,9-10,13-14,17H,3,7-8H2,1-2H3,(H,20,21)/t10-,13-,14+/m0/s1. The number of nitrogens with one attached hydrogen (secondary N) is 1. The fraction of sp³-hybridized carbons (Fsp3) is 0.529. The molecule has 1 aliphatic rings. The first kappa shape index (κ1) is 18.2. The Balaban J connectivity index is 1.82. The van der Waals surface area contributed by atoms with Crippen LogP contribution in [0.25, 0.3) is 0 Å². The number of halogens is 2. The zero-order chi connectivity index (χ0) is 17.7. The highest BCUT2D eigenvalue weighted by molar-refractivity contribution is 5.94. The van der Waals surface area contributed by atoms with E-state index in [0.717, 1.165) is 12.0 Å².